The Morgan fingerprint density at radius 1 is 1.00 bits per heavy atom. The molecule has 0 radical (unpaired) electrons. The number of aliphatic hydroxyl groups is 4. The minimum atomic E-state index is -0.809. The molecule has 4 nitrogen and oxygen atoms in total. The largest absolute Gasteiger partial charge is 0.513 e. The van der Waals surface area contributed by atoms with Gasteiger partial charge in [-0.15, -0.1) is 0 Å². The zero-order valence-corrected chi connectivity index (χ0v) is 8.13. The average Bonchev–Trinajstić information content (AvgIpc) is 2.18. The van der Waals surface area contributed by atoms with Gasteiger partial charge in [-0.1, -0.05) is 0 Å². The van der Waals surface area contributed by atoms with Gasteiger partial charge in [0.1, 0.15) is 0 Å². The van der Waals surface area contributed by atoms with Crippen LogP contribution in [0.15, 0.2) is 11.8 Å². The zero-order chi connectivity index (χ0) is 10.6. The normalized spacial score (nSPS) is 36.2. The number of allylic oxidation sites excluding steroid dienone is 1. The van der Waals surface area contributed by atoms with E-state index in [0.29, 0.717) is 32.1 Å². The van der Waals surface area contributed by atoms with Crippen LogP contribution in [0.25, 0.3) is 0 Å². The first-order valence-corrected chi connectivity index (χ1v) is 5.02. The molecule has 0 saturated heterocycles. The molecular formula is C10H18O4. The Labute approximate surface area is 83.5 Å². The van der Waals surface area contributed by atoms with Gasteiger partial charge in [0, 0.05) is 6.42 Å². The summed E-state index contributed by atoms with van der Waals surface area (Å²) in [4.78, 5) is 0. The highest BCUT2D eigenvalue weighted by atomic mass is 16.3. The summed E-state index contributed by atoms with van der Waals surface area (Å²) in [7, 11) is 0. The summed E-state index contributed by atoms with van der Waals surface area (Å²) in [6, 6.07) is 0. The molecule has 3 atom stereocenters. The van der Waals surface area contributed by atoms with Crippen LogP contribution in [0, 0.1) is 0 Å². The lowest BCUT2D eigenvalue weighted by Crippen LogP contribution is -2.27. The lowest BCUT2D eigenvalue weighted by Gasteiger charge is -2.20. The molecule has 0 aromatic carbocycles. The lowest BCUT2D eigenvalue weighted by molar-refractivity contribution is -0.000458. The second-order valence-electron chi connectivity index (χ2n) is 3.84. The van der Waals surface area contributed by atoms with Crippen molar-refractivity contribution in [3.8, 4) is 0 Å². The molecule has 4 heteroatoms. The van der Waals surface area contributed by atoms with Gasteiger partial charge < -0.3 is 20.4 Å². The van der Waals surface area contributed by atoms with Gasteiger partial charge in [-0.3, -0.25) is 0 Å². The van der Waals surface area contributed by atoms with Gasteiger partial charge in [-0.05, 0) is 31.8 Å². The molecule has 4 N–H and O–H groups in total. The first kappa shape index (κ1) is 11.5. The van der Waals surface area contributed by atoms with Crippen LogP contribution in [0.5, 0.6) is 0 Å². The lowest BCUT2D eigenvalue weighted by atomic mass is 9.98. The monoisotopic (exact) mass is 202 g/mol. The van der Waals surface area contributed by atoms with Crippen LogP contribution in [-0.4, -0.2) is 38.7 Å². The summed E-state index contributed by atoms with van der Waals surface area (Å²) in [6.07, 6.45) is 1.40. The van der Waals surface area contributed by atoms with Crippen molar-refractivity contribution in [2.45, 2.75) is 50.4 Å². The van der Waals surface area contributed by atoms with Crippen LogP contribution in [0.2, 0.25) is 0 Å². The Balaban J connectivity index is 2.56. The molecule has 0 fully saturated rings. The molecule has 0 saturated carbocycles. The molecule has 0 aliphatic heterocycles. The van der Waals surface area contributed by atoms with Gasteiger partial charge in [0.2, 0.25) is 0 Å². The van der Waals surface area contributed by atoms with Gasteiger partial charge in [0.15, 0.2) is 0 Å². The molecule has 1 rings (SSSR count). The highest BCUT2D eigenvalue weighted by Gasteiger charge is 2.19. The van der Waals surface area contributed by atoms with E-state index in [-0.39, 0.29) is 5.76 Å². The Morgan fingerprint density at radius 3 is 2.36 bits per heavy atom. The summed E-state index contributed by atoms with van der Waals surface area (Å²) >= 11 is 0. The molecule has 82 valence electrons. The predicted molar refractivity (Wildman–Crippen MR) is 51.8 cm³/mol. The van der Waals surface area contributed by atoms with E-state index in [1.165, 1.54) is 0 Å². The van der Waals surface area contributed by atoms with E-state index in [2.05, 4.69) is 0 Å². The number of aliphatic hydroxyl groups excluding tert-OH is 4. The van der Waals surface area contributed by atoms with Gasteiger partial charge in [0.05, 0.1) is 24.1 Å². The van der Waals surface area contributed by atoms with Crippen molar-refractivity contribution in [1.82, 2.24) is 0 Å². The Hall–Kier alpha value is -0.580. The smallest absolute Gasteiger partial charge is 0.0884 e. The van der Waals surface area contributed by atoms with E-state index in [4.69, 9.17) is 0 Å². The maximum Gasteiger partial charge on any atom is 0.0884 e. The fourth-order valence-corrected chi connectivity index (χ4v) is 1.54. The minimum absolute atomic E-state index is 0.178. The molecule has 1 aliphatic rings. The maximum atomic E-state index is 9.44. The fourth-order valence-electron chi connectivity index (χ4n) is 1.54. The third kappa shape index (κ3) is 3.65. The van der Waals surface area contributed by atoms with Gasteiger partial charge >= 0.3 is 0 Å². The Kier molecular flexibility index (Phi) is 4.38. The van der Waals surface area contributed by atoms with Crippen LogP contribution in [-0.2, 0) is 0 Å². The SMILES string of the molecule is OC1=CCC(O)CCC(O)C(O)CC1. The van der Waals surface area contributed by atoms with Gasteiger partial charge in [-0.25, -0.2) is 0 Å². The molecular weight excluding hydrogens is 184 g/mol. The number of hydrogen-bond acceptors (Lipinski definition) is 4. The van der Waals surface area contributed by atoms with Gasteiger partial charge in [0.25, 0.3) is 0 Å². The van der Waals surface area contributed by atoms with E-state index in [9.17, 15) is 20.4 Å². The van der Waals surface area contributed by atoms with Gasteiger partial charge in [-0.2, -0.15) is 0 Å². The summed E-state index contributed by atoms with van der Waals surface area (Å²) in [5.41, 5.74) is 0. The summed E-state index contributed by atoms with van der Waals surface area (Å²) in [6.45, 7) is 0. The molecule has 0 heterocycles. The molecule has 3 unspecified atom stereocenters. The highest BCUT2D eigenvalue weighted by molar-refractivity contribution is 4.94. The van der Waals surface area contributed by atoms with E-state index >= 15 is 0 Å². The second-order valence-corrected chi connectivity index (χ2v) is 3.84. The van der Waals surface area contributed by atoms with Crippen molar-refractivity contribution in [2.24, 2.45) is 0 Å². The first-order valence-electron chi connectivity index (χ1n) is 5.02. The maximum absolute atomic E-state index is 9.44. The minimum Gasteiger partial charge on any atom is -0.513 e. The van der Waals surface area contributed by atoms with Crippen molar-refractivity contribution in [1.29, 1.82) is 0 Å². The number of hydrogen-bond donors (Lipinski definition) is 4. The van der Waals surface area contributed by atoms with Crippen molar-refractivity contribution in [3.05, 3.63) is 11.8 Å². The molecule has 0 aromatic heterocycles. The third-order valence-electron chi connectivity index (χ3n) is 2.56. The summed E-state index contributed by atoms with van der Waals surface area (Å²) in [5.74, 6) is 0.178. The second kappa shape index (κ2) is 5.34. The average molecular weight is 202 g/mol. The van der Waals surface area contributed by atoms with E-state index in [1.807, 2.05) is 0 Å². The van der Waals surface area contributed by atoms with Crippen LogP contribution in [0.1, 0.15) is 32.1 Å². The predicted octanol–water partition coefficient (Wildman–Crippen LogP) is 0.475. The van der Waals surface area contributed by atoms with E-state index in [1.54, 1.807) is 6.08 Å². The number of rotatable bonds is 0. The van der Waals surface area contributed by atoms with Crippen molar-refractivity contribution in [2.75, 3.05) is 0 Å². The molecule has 0 spiro atoms. The highest BCUT2D eigenvalue weighted by Crippen LogP contribution is 2.16. The van der Waals surface area contributed by atoms with Crippen molar-refractivity contribution < 1.29 is 20.4 Å². The topological polar surface area (TPSA) is 80.9 Å². The quantitative estimate of drug-likeness (QED) is 0.460. The molecule has 0 amide bonds. The van der Waals surface area contributed by atoms with E-state index in [0.717, 1.165) is 0 Å². The van der Waals surface area contributed by atoms with Crippen LogP contribution < -0.4 is 0 Å². The van der Waals surface area contributed by atoms with Crippen LogP contribution in [0.3, 0.4) is 0 Å². The summed E-state index contributed by atoms with van der Waals surface area (Å²) in [5, 5.41) is 37.6. The molecule has 0 bridgehead atoms. The summed E-state index contributed by atoms with van der Waals surface area (Å²) < 4.78 is 0. The third-order valence-corrected chi connectivity index (χ3v) is 2.56. The van der Waals surface area contributed by atoms with E-state index < -0.39 is 18.3 Å². The first-order chi connectivity index (χ1) is 6.59. The standard InChI is InChI=1S/C10H18O4/c11-7-1-2-8(12)4-6-10(14)9(13)5-3-7/h1,8-14H,2-6H2. The Bertz CT molecular complexity index is 202. The van der Waals surface area contributed by atoms with Crippen LogP contribution >= 0.6 is 0 Å². The molecule has 0 aromatic rings. The molecule has 1 aliphatic carbocycles. The fraction of sp³-hybridized carbons (Fsp3) is 0.800. The zero-order valence-electron chi connectivity index (χ0n) is 8.13. The van der Waals surface area contributed by atoms with Crippen molar-refractivity contribution >= 4 is 0 Å². The Morgan fingerprint density at radius 2 is 1.64 bits per heavy atom. The molecule has 14 heavy (non-hydrogen) atoms. The van der Waals surface area contributed by atoms with Crippen molar-refractivity contribution in [3.63, 3.8) is 0 Å². The van der Waals surface area contributed by atoms with Crippen LogP contribution in [0.4, 0.5) is 0 Å².